The van der Waals surface area contributed by atoms with Gasteiger partial charge in [0.1, 0.15) is 0 Å². The number of carbonyl (C=O) groups is 2. The summed E-state index contributed by atoms with van der Waals surface area (Å²) in [6.45, 7) is 0.797. The van der Waals surface area contributed by atoms with E-state index in [2.05, 4.69) is 30.3 Å². The van der Waals surface area contributed by atoms with Crippen molar-refractivity contribution in [2.75, 3.05) is 6.54 Å². The Hall–Kier alpha value is -2.36. The summed E-state index contributed by atoms with van der Waals surface area (Å²) >= 11 is 0. The largest absolute Gasteiger partial charge is 0.481 e. The lowest BCUT2D eigenvalue weighted by Crippen LogP contribution is -2.30. The van der Waals surface area contributed by atoms with E-state index in [-0.39, 0.29) is 18.4 Å². The second-order valence-corrected chi connectivity index (χ2v) is 6.41. The third kappa shape index (κ3) is 3.58. The summed E-state index contributed by atoms with van der Waals surface area (Å²) in [5, 5.41) is 11.1. The van der Waals surface area contributed by atoms with Crippen molar-refractivity contribution < 1.29 is 14.7 Å². The fraction of sp³-hybridized carbons (Fsp3) is 0.400. The van der Waals surface area contributed by atoms with Crippen molar-refractivity contribution in [2.24, 2.45) is 0 Å². The van der Waals surface area contributed by atoms with E-state index in [1.165, 1.54) is 16.3 Å². The van der Waals surface area contributed by atoms with Crippen LogP contribution >= 0.6 is 0 Å². The molecule has 0 spiro atoms. The van der Waals surface area contributed by atoms with Crippen molar-refractivity contribution in [1.82, 2.24) is 4.90 Å². The molecule has 0 radical (unpaired) electrons. The van der Waals surface area contributed by atoms with Crippen LogP contribution in [-0.2, 0) is 9.59 Å². The smallest absolute Gasteiger partial charge is 0.303 e. The van der Waals surface area contributed by atoms with Crippen LogP contribution in [0.5, 0.6) is 0 Å². The molecule has 4 heteroatoms. The summed E-state index contributed by atoms with van der Waals surface area (Å²) in [4.78, 5) is 25.1. The second kappa shape index (κ2) is 7.47. The van der Waals surface area contributed by atoms with Crippen molar-refractivity contribution in [3.63, 3.8) is 0 Å². The summed E-state index contributed by atoms with van der Waals surface area (Å²) in [6.07, 6.45) is 3.80. The molecule has 1 aliphatic heterocycles. The zero-order chi connectivity index (χ0) is 16.9. The van der Waals surface area contributed by atoms with Gasteiger partial charge in [-0.15, -0.1) is 0 Å². The van der Waals surface area contributed by atoms with E-state index >= 15 is 0 Å². The number of rotatable bonds is 6. The van der Waals surface area contributed by atoms with Gasteiger partial charge in [0.05, 0.1) is 6.04 Å². The molecule has 1 fully saturated rings. The number of unbranched alkanes of at least 4 members (excludes halogenated alkanes) is 1. The van der Waals surface area contributed by atoms with Crippen molar-refractivity contribution in [3.05, 3.63) is 48.0 Å². The normalized spacial score (nSPS) is 17.3. The van der Waals surface area contributed by atoms with Crippen molar-refractivity contribution in [1.29, 1.82) is 0 Å². The van der Waals surface area contributed by atoms with E-state index in [1.54, 1.807) is 0 Å². The molecule has 2 aromatic carbocycles. The van der Waals surface area contributed by atoms with Crippen molar-refractivity contribution >= 4 is 22.6 Å². The number of benzene rings is 2. The van der Waals surface area contributed by atoms with Crippen molar-refractivity contribution in [2.45, 2.75) is 44.6 Å². The van der Waals surface area contributed by atoms with Gasteiger partial charge in [0.25, 0.3) is 0 Å². The molecule has 1 unspecified atom stereocenters. The number of carboxylic acids is 1. The Labute approximate surface area is 142 Å². The molecule has 24 heavy (non-hydrogen) atoms. The minimum atomic E-state index is -0.794. The van der Waals surface area contributed by atoms with Crippen LogP contribution in [0.1, 0.15) is 50.1 Å². The van der Waals surface area contributed by atoms with Gasteiger partial charge in [-0.3, -0.25) is 9.59 Å². The van der Waals surface area contributed by atoms with E-state index in [9.17, 15) is 9.59 Å². The summed E-state index contributed by atoms with van der Waals surface area (Å²) < 4.78 is 0. The van der Waals surface area contributed by atoms with Gasteiger partial charge >= 0.3 is 5.97 Å². The Morgan fingerprint density at radius 1 is 1.04 bits per heavy atom. The number of carbonyl (C=O) groups excluding carboxylic acids is 1. The number of carboxylic acid groups (broad SMARTS) is 1. The van der Waals surface area contributed by atoms with Gasteiger partial charge < -0.3 is 10.0 Å². The zero-order valence-corrected chi connectivity index (χ0v) is 13.8. The van der Waals surface area contributed by atoms with Gasteiger partial charge in [0.15, 0.2) is 0 Å². The monoisotopic (exact) mass is 325 g/mol. The van der Waals surface area contributed by atoms with Crippen LogP contribution in [0.15, 0.2) is 42.5 Å². The molecule has 126 valence electrons. The maximum absolute atomic E-state index is 12.6. The third-order valence-electron chi connectivity index (χ3n) is 4.79. The predicted molar refractivity (Wildman–Crippen MR) is 93.7 cm³/mol. The number of aliphatic carboxylic acids is 1. The first kappa shape index (κ1) is 16.5. The zero-order valence-electron chi connectivity index (χ0n) is 13.8. The first-order chi connectivity index (χ1) is 11.7. The fourth-order valence-corrected chi connectivity index (χ4v) is 3.63. The molecule has 1 N–H and O–H groups in total. The number of nitrogens with zero attached hydrogens (tertiary/aromatic N) is 1. The highest BCUT2D eigenvalue weighted by Gasteiger charge is 2.30. The molecule has 1 amide bonds. The van der Waals surface area contributed by atoms with Gasteiger partial charge in [-0.2, -0.15) is 0 Å². The number of amides is 1. The molecular weight excluding hydrogens is 302 g/mol. The van der Waals surface area contributed by atoms with E-state index in [0.29, 0.717) is 19.3 Å². The average molecular weight is 325 g/mol. The molecule has 4 nitrogen and oxygen atoms in total. The third-order valence-corrected chi connectivity index (χ3v) is 4.79. The van der Waals surface area contributed by atoms with Crippen LogP contribution in [0.4, 0.5) is 0 Å². The minimum absolute atomic E-state index is 0.139. The Bertz CT molecular complexity index is 735. The predicted octanol–water partition coefficient (Wildman–Crippen LogP) is 4.15. The molecule has 3 rings (SSSR count). The summed E-state index contributed by atoms with van der Waals surface area (Å²) in [5.74, 6) is -0.645. The van der Waals surface area contributed by atoms with Crippen molar-refractivity contribution in [3.8, 4) is 0 Å². The Morgan fingerprint density at radius 2 is 1.79 bits per heavy atom. The lowest BCUT2D eigenvalue weighted by molar-refractivity contribution is -0.137. The topological polar surface area (TPSA) is 57.6 Å². The molecule has 1 heterocycles. The molecule has 0 aliphatic carbocycles. The molecule has 2 aromatic rings. The molecule has 1 saturated heterocycles. The highest BCUT2D eigenvalue weighted by atomic mass is 16.4. The van der Waals surface area contributed by atoms with E-state index in [1.807, 2.05) is 17.0 Å². The molecule has 0 bridgehead atoms. The van der Waals surface area contributed by atoms with Gasteiger partial charge in [-0.05, 0) is 42.0 Å². The van der Waals surface area contributed by atoms with E-state index in [0.717, 1.165) is 19.4 Å². The highest BCUT2D eigenvalue weighted by Crippen LogP contribution is 2.36. The molecule has 1 aliphatic rings. The van der Waals surface area contributed by atoms with Crippen LogP contribution in [-0.4, -0.2) is 28.4 Å². The van der Waals surface area contributed by atoms with E-state index < -0.39 is 5.97 Å². The number of hydrogen-bond acceptors (Lipinski definition) is 2. The SMILES string of the molecule is O=C(O)CCCCC(=O)N1CCCC1c1cccc2ccccc12. The van der Waals surface area contributed by atoms with Crippen LogP contribution in [0.3, 0.4) is 0 Å². The summed E-state index contributed by atoms with van der Waals surface area (Å²) in [5.41, 5.74) is 1.23. The summed E-state index contributed by atoms with van der Waals surface area (Å²) in [7, 11) is 0. The lowest BCUT2D eigenvalue weighted by Gasteiger charge is -2.26. The first-order valence-electron chi connectivity index (χ1n) is 8.66. The Kier molecular flexibility index (Phi) is 5.14. The maximum Gasteiger partial charge on any atom is 0.303 e. The molecular formula is C20H23NO3. The van der Waals surface area contributed by atoms with Crippen LogP contribution in [0, 0.1) is 0 Å². The fourth-order valence-electron chi connectivity index (χ4n) is 3.63. The van der Waals surface area contributed by atoms with Crippen LogP contribution in [0.2, 0.25) is 0 Å². The first-order valence-corrected chi connectivity index (χ1v) is 8.66. The quantitative estimate of drug-likeness (QED) is 0.812. The Balaban J connectivity index is 1.73. The van der Waals surface area contributed by atoms with Crippen LogP contribution < -0.4 is 0 Å². The number of fused-ring (bicyclic) bond motifs is 1. The average Bonchev–Trinajstić information content (AvgIpc) is 3.07. The highest BCUT2D eigenvalue weighted by molar-refractivity contribution is 5.87. The van der Waals surface area contributed by atoms with Gasteiger partial charge in [-0.25, -0.2) is 0 Å². The van der Waals surface area contributed by atoms with Gasteiger partial charge in [0, 0.05) is 19.4 Å². The van der Waals surface area contributed by atoms with Gasteiger partial charge in [-0.1, -0.05) is 42.5 Å². The Morgan fingerprint density at radius 3 is 2.62 bits per heavy atom. The summed E-state index contributed by atoms with van der Waals surface area (Å²) in [6, 6.07) is 14.7. The molecule has 0 aromatic heterocycles. The van der Waals surface area contributed by atoms with Gasteiger partial charge in [0.2, 0.25) is 5.91 Å². The maximum atomic E-state index is 12.6. The van der Waals surface area contributed by atoms with E-state index in [4.69, 9.17) is 5.11 Å². The number of hydrogen-bond donors (Lipinski definition) is 1. The molecule has 1 atom stereocenters. The number of likely N-dealkylation sites (tertiary alicyclic amines) is 1. The minimum Gasteiger partial charge on any atom is -0.481 e. The van der Waals surface area contributed by atoms with Crippen LogP contribution in [0.25, 0.3) is 10.8 Å². The second-order valence-electron chi connectivity index (χ2n) is 6.41. The lowest BCUT2D eigenvalue weighted by atomic mass is 9.97. The molecule has 0 saturated carbocycles. The standard InChI is InChI=1S/C20H23NO3/c22-19(12-3-4-13-20(23)24)21-14-6-11-18(21)17-10-5-8-15-7-1-2-9-16(15)17/h1-2,5,7-10,18H,3-4,6,11-14H2,(H,23,24).